The summed E-state index contributed by atoms with van der Waals surface area (Å²) >= 11 is 13.9. The first-order valence-electron chi connectivity index (χ1n) is 7.19. The van der Waals surface area contributed by atoms with Gasteiger partial charge in [-0.3, -0.25) is 0 Å². The highest BCUT2D eigenvalue weighted by atomic mass is 35.5. The van der Waals surface area contributed by atoms with Crippen LogP contribution in [0.15, 0.2) is 18.2 Å². The molecule has 1 aromatic rings. The van der Waals surface area contributed by atoms with Gasteiger partial charge in [0, 0.05) is 17.6 Å². The molecule has 1 heterocycles. The Morgan fingerprint density at radius 3 is 2.86 bits per heavy atom. The smallest absolute Gasteiger partial charge is 0.139 e. The lowest BCUT2D eigenvalue weighted by molar-refractivity contribution is 0.105. The average molecular weight is 350 g/mol. The van der Waals surface area contributed by atoms with Crippen LogP contribution in [0.5, 0.6) is 5.75 Å². The van der Waals surface area contributed by atoms with E-state index in [9.17, 15) is 5.11 Å². The Bertz CT molecular complexity index is 442. The summed E-state index contributed by atoms with van der Waals surface area (Å²) in [5.74, 6) is 3.76. The van der Waals surface area contributed by atoms with Gasteiger partial charge in [-0.25, -0.2) is 0 Å². The standard InChI is InChI=1S/C15H21Cl2NO2S/c16-12-1-2-14(17)15(7-12)20-10-13(19)9-18-8-11-3-5-21-6-4-11/h1-2,7,11,13,18-19H,3-6,8-10H2. The van der Waals surface area contributed by atoms with Crippen molar-refractivity contribution in [1.82, 2.24) is 5.32 Å². The summed E-state index contributed by atoms with van der Waals surface area (Å²) in [6.07, 6.45) is 1.98. The Kier molecular flexibility index (Phi) is 7.47. The molecule has 1 aromatic carbocycles. The van der Waals surface area contributed by atoms with Gasteiger partial charge in [-0.15, -0.1) is 0 Å². The van der Waals surface area contributed by atoms with Crippen LogP contribution in [0.3, 0.4) is 0 Å². The van der Waals surface area contributed by atoms with Gasteiger partial charge >= 0.3 is 0 Å². The molecule has 1 unspecified atom stereocenters. The van der Waals surface area contributed by atoms with E-state index in [1.165, 1.54) is 24.3 Å². The molecule has 0 amide bonds. The van der Waals surface area contributed by atoms with Gasteiger partial charge in [-0.05, 0) is 48.9 Å². The molecule has 1 aliphatic rings. The van der Waals surface area contributed by atoms with Crippen LogP contribution < -0.4 is 10.1 Å². The van der Waals surface area contributed by atoms with Gasteiger partial charge in [0.25, 0.3) is 0 Å². The molecule has 6 heteroatoms. The minimum atomic E-state index is -0.557. The molecular formula is C15H21Cl2NO2S. The van der Waals surface area contributed by atoms with E-state index in [-0.39, 0.29) is 6.61 Å². The van der Waals surface area contributed by atoms with Crippen molar-refractivity contribution in [2.45, 2.75) is 18.9 Å². The minimum Gasteiger partial charge on any atom is -0.489 e. The lowest BCUT2D eigenvalue weighted by atomic mass is 10.0. The summed E-state index contributed by atoms with van der Waals surface area (Å²) < 4.78 is 5.51. The first kappa shape index (κ1) is 17.2. The molecule has 2 rings (SSSR count). The van der Waals surface area contributed by atoms with E-state index in [4.69, 9.17) is 27.9 Å². The largest absolute Gasteiger partial charge is 0.489 e. The number of ether oxygens (including phenoxy) is 1. The van der Waals surface area contributed by atoms with Crippen molar-refractivity contribution < 1.29 is 9.84 Å². The van der Waals surface area contributed by atoms with Crippen molar-refractivity contribution >= 4 is 35.0 Å². The van der Waals surface area contributed by atoms with E-state index in [0.717, 1.165) is 12.5 Å². The number of thioether (sulfide) groups is 1. The van der Waals surface area contributed by atoms with Crippen LogP contribution in [0.1, 0.15) is 12.8 Å². The fraction of sp³-hybridized carbons (Fsp3) is 0.600. The summed E-state index contributed by atoms with van der Waals surface area (Å²) in [4.78, 5) is 0. The molecule has 1 aliphatic heterocycles. The third-order valence-corrected chi connectivity index (χ3v) is 5.07. The zero-order valence-corrected chi connectivity index (χ0v) is 14.2. The highest BCUT2D eigenvalue weighted by Crippen LogP contribution is 2.27. The molecule has 0 aromatic heterocycles. The second-order valence-electron chi connectivity index (χ2n) is 5.25. The van der Waals surface area contributed by atoms with Crippen molar-refractivity contribution in [3.63, 3.8) is 0 Å². The molecule has 2 N–H and O–H groups in total. The molecule has 21 heavy (non-hydrogen) atoms. The topological polar surface area (TPSA) is 41.5 Å². The molecule has 1 saturated heterocycles. The first-order chi connectivity index (χ1) is 10.1. The summed E-state index contributed by atoms with van der Waals surface area (Å²) in [5.41, 5.74) is 0. The van der Waals surface area contributed by atoms with E-state index < -0.39 is 6.10 Å². The molecule has 1 atom stereocenters. The number of halogens is 2. The van der Waals surface area contributed by atoms with E-state index in [1.807, 2.05) is 11.8 Å². The third-order valence-electron chi connectivity index (χ3n) is 3.48. The number of benzene rings is 1. The van der Waals surface area contributed by atoms with Gasteiger partial charge in [0.15, 0.2) is 0 Å². The van der Waals surface area contributed by atoms with Crippen LogP contribution in [0.2, 0.25) is 10.0 Å². The summed E-state index contributed by atoms with van der Waals surface area (Å²) in [6.45, 7) is 1.70. The Morgan fingerprint density at radius 2 is 2.10 bits per heavy atom. The normalized spacial score (nSPS) is 17.7. The Morgan fingerprint density at radius 1 is 1.33 bits per heavy atom. The van der Waals surface area contributed by atoms with Crippen molar-refractivity contribution in [2.24, 2.45) is 5.92 Å². The average Bonchev–Trinajstić information content (AvgIpc) is 2.49. The Labute approximate surface area is 140 Å². The fourth-order valence-electron chi connectivity index (χ4n) is 2.24. The molecule has 0 spiro atoms. The van der Waals surface area contributed by atoms with E-state index in [0.29, 0.717) is 22.3 Å². The predicted molar refractivity (Wildman–Crippen MR) is 90.9 cm³/mol. The molecule has 118 valence electrons. The summed E-state index contributed by atoms with van der Waals surface area (Å²) in [7, 11) is 0. The van der Waals surface area contributed by atoms with E-state index >= 15 is 0 Å². The second-order valence-corrected chi connectivity index (χ2v) is 7.32. The van der Waals surface area contributed by atoms with Crippen molar-refractivity contribution in [2.75, 3.05) is 31.2 Å². The van der Waals surface area contributed by atoms with Crippen molar-refractivity contribution in [3.05, 3.63) is 28.2 Å². The van der Waals surface area contributed by atoms with E-state index in [2.05, 4.69) is 5.32 Å². The fourth-order valence-corrected chi connectivity index (χ4v) is 3.78. The number of hydrogen-bond acceptors (Lipinski definition) is 4. The molecule has 0 radical (unpaired) electrons. The lowest BCUT2D eigenvalue weighted by Gasteiger charge is -2.22. The van der Waals surface area contributed by atoms with Gasteiger partial charge < -0.3 is 15.2 Å². The van der Waals surface area contributed by atoms with Gasteiger partial charge in [0.1, 0.15) is 18.5 Å². The van der Waals surface area contributed by atoms with E-state index in [1.54, 1.807) is 18.2 Å². The molecule has 0 aliphatic carbocycles. The Hall–Kier alpha value is -0.130. The highest BCUT2D eigenvalue weighted by Gasteiger charge is 2.14. The van der Waals surface area contributed by atoms with Gasteiger partial charge in [-0.1, -0.05) is 23.2 Å². The van der Waals surface area contributed by atoms with Gasteiger partial charge in [0.05, 0.1) is 5.02 Å². The SMILES string of the molecule is OC(CNCC1CCSCC1)COc1cc(Cl)ccc1Cl. The summed E-state index contributed by atoms with van der Waals surface area (Å²) in [5, 5.41) is 14.3. The summed E-state index contributed by atoms with van der Waals surface area (Å²) in [6, 6.07) is 5.05. The molecule has 0 saturated carbocycles. The van der Waals surface area contributed by atoms with Crippen molar-refractivity contribution in [3.8, 4) is 5.75 Å². The van der Waals surface area contributed by atoms with Crippen LogP contribution >= 0.6 is 35.0 Å². The number of hydrogen-bond donors (Lipinski definition) is 2. The number of aliphatic hydroxyl groups excluding tert-OH is 1. The predicted octanol–water partition coefficient (Wildman–Crippen LogP) is 3.47. The first-order valence-corrected chi connectivity index (χ1v) is 9.10. The molecule has 1 fully saturated rings. The number of nitrogens with one attached hydrogen (secondary N) is 1. The maximum absolute atomic E-state index is 9.93. The van der Waals surface area contributed by atoms with Crippen LogP contribution in [0.4, 0.5) is 0 Å². The quantitative estimate of drug-likeness (QED) is 0.790. The number of aliphatic hydroxyl groups is 1. The molecular weight excluding hydrogens is 329 g/mol. The van der Waals surface area contributed by atoms with Crippen LogP contribution in [-0.4, -0.2) is 42.4 Å². The highest BCUT2D eigenvalue weighted by molar-refractivity contribution is 7.99. The van der Waals surface area contributed by atoms with Crippen molar-refractivity contribution in [1.29, 1.82) is 0 Å². The lowest BCUT2D eigenvalue weighted by Crippen LogP contribution is -2.35. The second kappa shape index (κ2) is 9.11. The zero-order valence-electron chi connectivity index (χ0n) is 11.9. The van der Waals surface area contributed by atoms with Crippen LogP contribution in [0.25, 0.3) is 0 Å². The van der Waals surface area contributed by atoms with Gasteiger partial charge in [-0.2, -0.15) is 11.8 Å². The minimum absolute atomic E-state index is 0.202. The number of rotatable bonds is 7. The molecule has 3 nitrogen and oxygen atoms in total. The van der Waals surface area contributed by atoms with Gasteiger partial charge in [0.2, 0.25) is 0 Å². The zero-order chi connectivity index (χ0) is 15.1. The maximum Gasteiger partial charge on any atom is 0.139 e. The monoisotopic (exact) mass is 349 g/mol. The third kappa shape index (κ3) is 6.25. The molecule has 0 bridgehead atoms. The maximum atomic E-state index is 9.93. The van der Waals surface area contributed by atoms with Crippen LogP contribution in [0, 0.1) is 5.92 Å². The Balaban J connectivity index is 1.65. The van der Waals surface area contributed by atoms with Crippen LogP contribution in [-0.2, 0) is 0 Å².